The fourth-order valence-corrected chi connectivity index (χ4v) is 4.13. The minimum atomic E-state index is -0.0812. The first kappa shape index (κ1) is 27.9. The van der Waals surface area contributed by atoms with Gasteiger partial charge in [-0.3, -0.25) is 9.59 Å². The van der Waals surface area contributed by atoms with Crippen molar-refractivity contribution < 1.29 is 9.59 Å². The smallest absolute Gasteiger partial charge is 0.243 e. The summed E-state index contributed by atoms with van der Waals surface area (Å²) >= 11 is 11.7. The van der Waals surface area contributed by atoms with Gasteiger partial charge < -0.3 is 20.4 Å². The van der Waals surface area contributed by atoms with Crippen LogP contribution in [0.4, 0.5) is 0 Å². The predicted octanol–water partition coefficient (Wildman–Crippen LogP) is 4.35. The van der Waals surface area contributed by atoms with Crippen molar-refractivity contribution in [2.24, 2.45) is 0 Å². The number of halogens is 2. The lowest BCUT2D eigenvalue weighted by atomic mass is 10.2. The number of piperazine rings is 1. The van der Waals surface area contributed by atoms with Crippen LogP contribution in [0.3, 0.4) is 0 Å². The Morgan fingerprint density at radius 2 is 1.03 bits per heavy atom. The van der Waals surface area contributed by atoms with E-state index >= 15 is 0 Å². The third-order valence-corrected chi connectivity index (χ3v) is 6.46. The fraction of sp³-hybridized carbons (Fsp3) is 0.357. The lowest BCUT2D eigenvalue weighted by molar-refractivity contribution is -0.117. The molecule has 1 heterocycles. The van der Waals surface area contributed by atoms with Crippen LogP contribution in [0, 0.1) is 0 Å². The molecule has 1 aliphatic rings. The van der Waals surface area contributed by atoms with Crippen molar-refractivity contribution in [2.75, 3.05) is 52.4 Å². The van der Waals surface area contributed by atoms with Crippen LogP contribution >= 0.6 is 23.2 Å². The largest absolute Gasteiger partial charge is 0.353 e. The Kier molecular flexibility index (Phi) is 12.0. The number of carbonyl (C=O) groups is 2. The average molecular weight is 530 g/mol. The van der Waals surface area contributed by atoms with E-state index in [2.05, 4.69) is 20.4 Å². The Labute approximate surface area is 223 Å². The molecule has 1 saturated heterocycles. The zero-order valence-corrected chi connectivity index (χ0v) is 22.0. The van der Waals surface area contributed by atoms with Gasteiger partial charge in [0, 0.05) is 61.5 Å². The number of nitrogens with one attached hydrogen (secondary N) is 2. The Morgan fingerprint density at radius 3 is 1.39 bits per heavy atom. The van der Waals surface area contributed by atoms with Crippen LogP contribution in [0.2, 0.25) is 10.0 Å². The number of carbonyl (C=O) groups excluding carboxylic acids is 2. The van der Waals surface area contributed by atoms with E-state index in [0.717, 1.165) is 63.2 Å². The second kappa shape index (κ2) is 15.5. The number of hydrogen-bond donors (Lipinski definition) is 2. The molecule has 2 aromatic rings. The first-order valence-electron chi connectivity index (χ1n) is 12.4. The molecule has 0 atom stereocenters. The van der Waals surface area contributed by atoms with E-state index in [1.807, 2.05) is 24.3 Å². The summed E-state index contributed by atoms with van der Waals surface area (Å²) in [5, 5.41) is 7.25. The number of hydrogen-bond acceptors (Lipinski definition) is 4. The summed E-state index contributed by atoms with van der Waals surface area (Å²) < 4.78 is 0. The molecule has 2 aromatic carbocycles. The molecule has 192 valence electrons. The van der Waals surface area contributed by atoms with Crippen molar-refractivity contribution in [3.8, 4) is 0 Å². The average Bonchev–Trinajstić information content (AvgIpc) is 2.89. The fourth-order valence-electron chi connectivity index (χ4n) is 3.87. The topological polar surface area (TPSA) is 64.7 Å². The van der Waals surface area contributed by atoms with Gasteiger partial charge in [0.05, 0.1) is 0 Å². The molecule has 3 rings (SSSR count). The Bertz CT molecular complexity index is 931. The van der Waals surface area contributed by atoms with E-state index in [1.54, 1.807) is 48.6 Å². The van der Waals surface area contributed by atoms with Gasteiger partial charge in [0.25, 0.3) is 0 Å². The Balaban J connectivity index is 1.19. The predicted molar refractivity (Wildman–Crippen MR) is 149 cm³/mol. The second-order valence-electron chi connectivity index (χ2n) is 8.74. The van der Waals surface area contributed by atoms with Gasteiger partial charge in [0.15, 0.2) is 0 Å². The van der Waals surface area contributed by atoms with E-state index in [1.165, 1.54) is 0 Å². The third-order valence-electron chi connectivity index (χ3n) is 5.96. The molecular formula is C28H34Cl2N4O2. The van der Waals surface area contributed by atoms with Crippen LogP contribution in [-0.2, 0) is 9.59 Å². The molecule has 0 aromatic heterocycles. The molecule has 0 radical (unpaired) electrons. The molecule has 0 unspecified atom stereocenters. The highest BCUT2D eigenvalue weighted by molar-refractivity contribution is 6.30. The zero-order chi connectivity index (χ0) is 25.6. The van der Waals surface area contributed by atoms with Crippen LogP contribution in [0.5, 0.6) is 0 Å². The second-order valence-corrected chi connectivity index (χ2v) is 9.62. The molecule has 0 bridgehead atoms. The first-order chi connectivity index (χ1) is 17.5. The summed E-state index contributed by atoms with van der Waals surface area (Å²) in [6, 6.07) is 14.7. The van der Waals surface area contributed by atoms with Gasteiger partial charge in [-0.1, -0.05) is 47.5 Å². The SMILES string of the molecule is O=C(C=Cc1ccc(Cl)cc1)NCCCN1CCN(CCCNC(=O)C=Cc2ccc(Cl)cc2)CC1. The number of amides is 2. The Hall–Kier alpha value is -2.64. The molecular weight excluding hydrogens is 495 g/mol. The Morgan fingerprint density at radius 1 is 0.667 bits per heavy atom. The maximum Gasteiger partial charge on any atom is 0.243 e. The van der Waals surface area contributed by atoms with E-state index in [4.69, 9.17) is 23.2 Å². The van der Waals surface area contributed by atoms with Crippen LogP contribution in [0.25, 0.3) is 12.2 Å². The molecule has 6 nitrogen and oxygen atoms in total. The van der Waals surface area contributed by atoms with Crippen molar-refractivity contribution in [3.05, 3.63) is 81.9 Å². The standard InChI is InChI=1S/C28H34Cl2N4O2/c29-25-9-3-23(4-10-25)7-13-27(35)31-15-1-17-33-19-21-34(22-20-33)18-2-16-32-28(36)14-8-24-5-11-26(30)12-6-24/h3-14H,1-2,15-22H2,(H,31,35)(H,32,36). The van der Waals surface area contributed by atoms with Crippen LogP contribution in [0.1, 0.15) is 24.0 Å². The monoisotopic (exact) mass is 528 g/mol. The molecule has 36 heavy (non-hydrogen) atoms. The van der Waals surface area contributed by atoms with Gasteiger partial charge in [0.2, 0.25) is 11.8 Å². The molecule has 0 spiro atoms. The summed E-state index contributed by atoms with van der Waals surface area (Å²) in [7, 11) is 0. The summed E-state index contributed by atoms with van der Waals surface area (Å²) in [6.07, 6.45) is 8.54. The molecule has 1 aliphatic heterocycles. The highest BCUT2D eigenvalue weighted by atomic mass is 35.5. The van der Waals surface area contributed by atoms with E-state index in [0.29, 0.717) is 23.1 Å². The lowest BCUT2D eigenvalue weighted by Crippen LogP contribution is -2.47. The summed E-state index contributed by atoms with van der Waals surface area (Å²) in [5.74, 6) is -0.162. The summed E-state index contributed by atoms with van der Waals surface area (Å²) in [5.41, 5.74) is 1.89. The molecule has 0 saturated carbocycles. The maximum atomic E-state index is 12.0. The maximum absolute atomic E-state index is 12.0. The van der Waals surface area contributed by atoms with E-state index < -0.39 is 0 Å². The third kappa shape index (κ3) is 11.0. The zero-order valence-electron chi connectivity index (χ0n) is 20.5. The van der Waals surface area contributed by atoms with Crippen molar-refractivity contribution in [2.45, 2.75) is 12.8 Å². The normalized spacial score (nSPS) is 14.9. The van der Waals surface area contributed by atoms with Gasteiger partial charge in [-0.05, 0) is 73.5 Å². The highest BCUT2D eigenvalue weighted by Crippen LogP contribution is 2.11. The first-order valence-corrected chi connectivity index (χ1v) is 13.1. The minimum Gasteiger partial charge on any atom is -0.353 e. The van der Waals surface area contributed by atoms with E-state index in [9.17, 15) is 9.59 Å². The van der Waals surface area contributed by atoms with Crippen molar-refractivity contribution in [3.63, 3.8) is 0 Å². The van der Waals surface area contributed by atoms with Gasteiger partial charge in [-0.2, -0.15) is 0 Å². The van der Waals surface area contributed by atoms with Crippen molar-refractivity contribution in [1.82, 2.24) is 20.4 Å². The highest BCUT2D eigenvalue weighted by Gasteiger charge is 2.15. The number of benzene rings is 2. The summed E-state index contributed by atoms with van der Waals surface area (Å²) in [4.78, 5) is 28.8. The lowest BCUT2D eigenvalue weighted by Gasteiger charge is -2.34. The number of nitrogens with zero attached hydrogens (tertiary/aromatic N) is 2. The van der Waals surface area contributed by atoms with Gasteiger partial charge >= 0.3 is 0 Å². The van der Waals surface area contributed by atoms with Crippen LogP contribution in [0.15, 0.2) is 60.7 Å². The van der Waals surface area contributed by atoms with Crippen molar-refractivity contribution in [1.29, 1.82) is 0 Å². The molecule has 2 amide bonds. The molecule has 0 aliphatic carbocycles. The van der Waals surface area contributed by atoms with Gasteiger partial charge in [0.1, 0.15) is 0 Å². The van der Waals surface area contributed by atoms with E-state index in [-0.39, 0.29) is 11.8 Å². The number of rotatable bonds is 12. The van der Waals surface area contributed by atoms with Crippen molar-refractivity contribution >= 4 is 47.2 Å². The van der Waals surface area contributed by atoms with Crippen LogP contribution in [-0.4, -0.2) is 74.0 Å². The van der Waals surface area contributed by atoms with Gasteiger partial charge in [-0.25, -0.2) is 0 Å². The summed E-state index contributed by atoms with van der Waals surface area (Å²) in [6.45, 7) is 7.39. The van der Waals surface area contributed by atoms with Crippen LogP contribution < -0.4 is 10.6 Å². The van der Waals surface area contributed by atoms with Gasteiger partial charge in [-0.15, -0.1) is 0 Å². The molecule has 8 heteroatoms. The molecule has 2 N–H and O–H groups in total. The minimum absolute atomic E-state index is 0.0812. The quantitative estimate of drug-likeness (QED) is 0.317. The molecule has 1 fully saturated rings.